The number of aromatic hydroxyl groups is 1. The van der Waals surface area contributed by atoms with Crippen molar-refractivity contribution in [2.45, 2.75) is 19.8 Å². The average molecular weight is 341 g/mol. The van der Waals surface area contributed by atoms with E-state index in [9.17, 15) is 9.50 Å². The van der Waals surface area contributed by atoms with Gasteiger partial charge in [-0.2, -0.15) is 0 Å². The van der Waals surface area contributed by atoms with E-state index in [0.29, 0.717) is 5.92 Å². The van der Waals surface area contributed by atoms with Gasteiger partial charge in [-0.15, -0.1) is 0 Å². The van der Waals surface area contributed by atoms with Gasteiger partial charge >= 0.3 is 0 Å². The maximum absolute atomic E-state index is 13.3. The van der Waals surface area contributed by atoms with E-state index < -0.39 is 0 Å². The Morgan fingerprint density at radius 2 is 1.64 bits per heavy atom. The van der Waals surface area contributed by atoms with Gasteiger partial charge in [0.2, 0.25) is 0 Å². The Balaban J connectivity index is 2.03. The van der Waals surface area contributed by atoms with Crippen molar-refractivity contribution in [1.82, 2.24) is 0 Å². The Labute approximate surface area is 148 Å². The molecular weight excluding hydrogens is 317 g/mol. The molecule has 3 rings (SSSR count). The molecule has 1 aliphatic heterocycles. The minimum atomic E-state index is -0.232. The van der Waals surface area contributed by atoms with Gasteiger partial charge in [0.15, 0.2) is 0 Å². The molecule has 1 saturated heterocycles. The molecule has 0 aliphatic carbocycles. The zero-order chi connectivity index (χ0) is 17.8. The summed E-state index contributed by atoms with van der Waals surface area (Å²) in [5.74, 6) is 0.415. The van der Waals surface area contributed by atoms with Crippen LogP contribution in [0.4, 0.5) is 10.1 Å². The van der Waals surface area contributed by atoms with E-state index >= 15 is 0 Å². The lowest BCUT2D eigenvalue weighted by molar-refractivity contribution is 0.0754. The molecular formula is C21H24FNO2. The molecule has 0 unspecified atom stereocenters. The van der Waals surface area contributed by atoms with Crippen LogP contribution in [0.15, 0.2) is 54.2 Å². The van der Waals surface area contributed by atoms with Crippen molar-refractivity contribution in [2.24, 2.45) is 5.92 Å². The molecule has 25 heavy (non-hydrogen) atoms. The molecule has 0 aromatic heterocycles. The molecule has 0 bridgehead atoms. The van der Waals surface area contributed by atoms with Crippen LogP contribution in [0, 0.1) is 11.7 Å². The summed E-state index contributed by atoms with van der Waals surface area (Å²) in [5.41, 5.74) is 4.42. The second-order valence-electron chi connectivity index (χ2n) is 6.48. The predicted octanol–water partition coefficient (Wildman–Crippen LogP) is 4.83. The van der Waals surface area contributed by atoms with Crippen molar-refractivity contribution in [3.8, 4) is 5.75 Å². The third-order valence-electron chi connectivity index (χ3n) is 4.87. The van der Waals surface area contributed by atoms with E-state index in [1.54, 1.807) is 24.3 Å². The van der Waals surface area contributed by atoms with Crippen LogP contribution in [0.1, 0.15) is 25.3 Å². The minimum absolute atomic E-state index is 0.232. The van der Waals surface area contributed by atoms with Crippen LogP contribution in [0.2, 0.25) is 0 Å². The Morgan fingerprint density at radius 3 is 2.24 bits per heavy atom. The van der Waals surface area contributed by atoms with Gasteiger partial charge in [-0.3, -0.25) is 0 Å². The van der Waals surface area contributed by atoms with Gasteiger partial charge in [-0.25, -0.2) is 4.39 Å². The quantitative estimate of drug-likeness (QED) is 0.865. The standard InChI is InChI=1S/C21H24FNO2/c1-15(16-3-9-20(24)10-4-16)21(17-11-13-25-14-12-17)23(2)19-7-5-18(22)6-8-19/h3-10,17,24H,11-14H2,1-2H3/b21-15+. The summed E-state index contributed by atoms with van der Waals surface area (Å²) >= 11 is 0. The molecule has 0 spiro atoms. The summed E-state index contributed by atoms with van der Waals surface area (Å²) in [6, 6.07) is 13.9. The number of hydrogen-bond acceptors (Lipinski definition) is 3. The van der Waals surface area contributed by atoms with Crippen LogP contribution in [0.5, 0.6) is 5.75 Å². The van der Waals surface area contributed by atoms with E-state index in [4.69, 9.17) is 4.74 Å². The first kappa shape index (κ1) is 17.5. The number of nitrogens with zero attached hydrogens (tertiary/aromatic N) is 1. The van der Waals surface area contributed by atoms with Gasteiger partial charge < -0.3 is 14.7 Å². The number of phenolic OH excluding ortho intramolecular Hbond substituents is 1. The third kappa shape index (κ3) is 4.02. The lowest BCUT2D eigenvalue weighted by Crippen LogP contribution is -2.28. The molecule has 0 radical (unpaired) electrons. The second-order valence-corrected chi connectivity index (χ2v) is 6.48. The van der Waals surface area contributed by atoms with Crippen molar-refractivity contribution in [3.05, 3.63) is 65.6 Å². The number of ether oxygens (including phenoxy) is 1. The molecule has 132 valence electrons. The van der Waals surface area contributed by atoms with Crippen LogP contribution in [0.25, 0.3) is 5.57 Å². The molecule has 1 aliphatic rings. The van der Waals surface area contributed by atoms with E-state index in [2.05, 4.69) is 11.8 Å². The topological polar surface area (TPSA) is 32.7 Å². The van der Waals surface area contributed by atoms with Crippen LogP contribution in [-0.4, -0.2) is 25.4 Å². The SMILES string of the molecule is C/C(=C(/C1CCOCC1)N(C)c1ccc(F)cc1)c1ccc(O)cc1. The highest BCUT2D eigenvalue weighted by atomic mass is 19.1. The lowest BCUT2D eigenvalue weighted by atomic mass is 9.90. The number of phenols is 1. The Hall–Kier alpha value is -2.33. The van der Waals surface area contributed by atoms with Crippen molar-refractivity contribution in [3.63, 3.8) is 0 Å². The van der Waals surface area contributed by atoms with Gasteiger partial charge in [0.05, 0.1) is 0 Å². The van der Waals surface area contributed by atoms with Crippen LogP contribution < -0.4 is 4.90 Å². The third-order valence-corrected chi connectivity index (χ3v) is 4.87. The predicted molar refractivity (Wildman–Crippen MR) is 99.0 cm³/mol. The Kier molecular flexibility index (Phi) is 5.39. The fourth-order valence-electron chi connectivity index (χ4n) is 3.47. The van der Waals surface area contributed by atoms with E-state index in [-0.39, 0.29) is 11.6 Å². The van der Waals surface area contributed by atoms with Gasteiger partial charge in [-0.05, 0) is 67.3 Å². The number of allylic oxidation sites excluding steroid dienone is 2. The second kappa shape index (κ2) is 7.70. The monoisotopic (exact) mass is 341 g/mol. The fourth-order valence-corrected chi connectivity index (χ4v) is 3.47. The van der Waals surface area contributed by atoms with E-state index in [0.717, 1.165) is 37.3 Å². The summed E-state index contributed by atoms with van der Waals surface area (Å²) in [6.07, 6.45) is 1.94. The first-order valence-corrected chi connectivity index (χ1v) is 8.63. The molecule has 1 heterocycles. The van der Waals surface area contributed by atoms with Crippen LogP contribution >= 0.6 is 0 Å². The molecule has 1 fully saturated rings. The first-order valence-electron chi connectivity index (χ1n) is 8.63. The van der Waals surface area contributed by atoms with E-state index in [1.807, 2.05) is 19.2 Å². The van der Waals surface area contributed by atoms with Gasteiger partial charge in [0, 0.05) is 37.6 Å². The highest BCUT2D eigenvalue weighted by Gasteiger charge is 2.24. The van der Waals surface area contributed by atoms with E-state index in [1.165, 1.54) is 23.4 Å². The number of anilines is 1. The summed E-state index contributed by atoms with van der Waals surface area (Å²) in [5, 5.41) is 9.56. The number of halogens is 1. The molecule has 0 saturated carbocycles. The maximum atomic E-state index is 13.3. The fraction of sp³-hybridized carbons (Fsp3) is 0.333. The molecule has 2 aromatic carbocycles. The van der Waals surface area contributed by atoms with Crippen LogP contribution in [0.3, 0.4) is 0 Å². The van der Waals surface area contributed by atoms with Crippen LogP contribution in [-0.2, 0) is 4.74 Å². The smallest absolute Gasteiger partial charge is 0.123 e. The molecule has 3 nitrogen and oxygen atoms in total. The highest BCUT2D eigenvalue weighted by molar-refractivity contribution is 5.72. The van der Waals surface area contributed by atoms with Crippen molar-refractivity contribution >= 4 is 11.3 Å². The molecule has 0 amide bonds. The van der Waals surface area contributed by atoms with Gasteiger partial charge in [-0.1, -0.05) is 12.1 Å². The summed E-state index contributed by atoms with van der Waals surface area (Å²) in [7, 11) is 2.03. The largest absolute Gasteiger partial charge is 0.508 e. The zero-order valence-corrected chi connectivity index (χ0v) is 14.7. The summed E-state index contributed by atoms with van der Waals surface area (Å²) in [6.45, 7) is 3.62. The number of hydrogen-bond donors (Lipinski definition) is 1. The number of rotatable bonds is 4. The number of benzene rings is 2. The molecule has 0 atom stereocenters. The Bertz CT molecular complexity index is 731. The lowest BCUT2D eigenvalue weighted by Gasteiger charge is -2.34. The molecule has 4 heteroatoms. The Morgan fingerprint density at radius 1 is 1.04 bits per heavy atom. The highest BCUT2D eigenvalue weighted by Crippen LogP contribution is 2.35. The van der Waals surface area contributed by atoms with Gasteiger partial charge in [0.1, 0.15) is 11.6 Å². The average Bonchev–Trinajstić information content (AvgIpc) is 2.64. The zero-order valence-electron chi connectivity index (χ0n) is 14.7. The van der Waals surface area contributed by atoms with Crippen molar-refractivity contribution in [1.29, 1.82) is 0 Å². The maximum Gasteiger partial charge on any atom is 0.123 e. The summed E-state index contributed by atoms with van der Waals surface area (Å²) < 4.78 is 18.8. The summed E-state index contributed by atoms with van der Waals surface area (Å²) in [4.78, 5) is 2.15. The normalized spacial score (nSPS) is 16.4. The molecule has 2 aromatic rings. The van der Waals surface area contributed by atoms with Crippen molar-refractivity contribution in [2.75, 3.05) is 25.2 Å². The van der Waals surface area contributed by atoms with Gasteiger partial charge in [0.25, 0.3) is 0 Å². The minimum Gasteiger partial charge on any atom is -0.508 e. The molecule has 1 N–H and O–H groups in total. The van der Waals surface area contributed by atoms with Crippen molar-refractivity contribution < 1.29 is 14.2 Å². The first-order chi connectivity index (χ1) is 12.1.